The molecule has 3 nitrogen and oxygen atoms in total. The summed E-state index contributed by atoms with van der Waals surface area (Å²) in [6.45, 7) is 1.66. The van der Waals surface area contributed by atoms with Crippen LogP contribution in [0.2, 0.25) is 0 Å². The SMILES string of the molecule is CNCCCC(=O)NCC1(c2cccc(Br)c2)CC1.Cl. The van der Waals surface area contributed by atoms with Crippen LogP contribution in [0.15, 0.2) is 28.7 Å². The molecule has 0 radical (unpaired) electrons. The van der Waals surface area contributed by atoms with Gasteiger partial charge in [0.2, 0.25) is 5.91 Å². The molecule has 1 aromatic rings. The number of amides is 1. The molecule has 0 saturated heterocycles. The van der Waals surface area contributed by atoms with E-state index >= 15 is 0 Å². The van der Waals surface area contributed by atoms with Gasteiger partial charge in [0.1, 0.15) is 0 Å². The summed E-state index contributed by atoms with van der Waals surface area (Å²) in [5.41, 5.74) is 1.51. The Hall–Kier alpha value is -0.580. The molecular weight excluding hydrogens is 340 g/mol. The van der Waals surface area contributed by atoms with E-state index in [0.717, 1.165) is 24.0 Å². The van der Waals surface area contributed by atoms with Gasteiger partial charge in [-0.3, -0.25) is 4.79 Å². The lowest BCUT2D eigenvalue weighted by atomic mass is 9.96. The van der Waals surface area contributed by atoms with Crippen molar-refractivity contribution < 1.29 is 4.79 Å². The van der Waals surface area contributed by atoms with E-state index in [1.54, 1.807) is 0 Å². The Morgan fingerprint density at radius 3 is 2.75 bits per heavy atom. The zero-order valence-electron chi connectivity index (χ0n) is 11.7. The fourth-order valence-electron chi connectivity index (χ4n) is 2.32. The molecule has 1 aromatic carbocycles. The number of hydrogen-bond donors (Lipinski definition) is 2. The standard InChI is InChI=1S/C15H21BrN2O.ClH/c1-17-9-3-6-14(19)18-11-15(7-8-15)12-4-2-5-13(16)10-12;/h2,4-5,10,17H,3,6-9,11H2,1H3,(H,18,19);1H. The van der Waals surface area contributed by atoms with Gasteiger partial charge in [-0.25, -0.2) is 0 Å². The molecular formula is C15H22BrClN2O. The minimum absolute atomic E-state index is 0. The molecule has 1 aliphatic carbocycles. The number of benzene rings is 1. The molecule has 0 unspecified atom stereocenters. The van der Waals surface area contributed by atoms with E-state index in [-0.39, 0.29) is 23.7 Å². The Morgan fingerprint density at radius 2 is 2.15 bits per heavy atom. The van der Waals surface area contributed by atoms with Crippen molar-refractivity contribution in [2.75, 3.05) is 20.1 Å². The second-order valence-electron chi connectivity index (χ2n) is 5.27. The lowest BCUT2D eigenvalue weighted by Gasteiger charge is -2.17. The first-order valence-electron chi connectivity index (χ1n) is 6.84. The van der Waals surface area contributed by atoms with E-state index in [0.29, 0.717) is 6.42 Å². The van der Waals surface area contributed by atoms with Gasteiger partial charge in [-0.15, -0.1) is 12.4 Å². The molecule has 1 aliphatic rings. The average molecular weight is 362 g/mol. The van der Waals surface area contributed by atoms with Crippen LogP contribution in [0.3, 0.4) is 0 Å². The first-order chi connectivity index (χ1) is 9.16. The summed E-state index contributed by atoms with van der Waals surface area (Å²) < 4.78 is 1.11. The summed E-state index contributed by atoms with van der Waals surface area (Å²) in [7, 11) is 1.91. The third-order valence-electron chi connectivity index (χ3n) is 3.75. The Bertz CT molecular complexity index is 449. The van der Waals surface area contributed by atoms with Gasteiger partial charge in [-0.1, -0.05) is 28.1 Å². The van der Waals surface area contributed by atoms with Crippen molar-refractivity contribution in [2.24, 2.45) is 0 Å². The zero-order valence-corrected chi connectivity index (χ0v) is 14.1. The predicted octanol–water partition coefficient (Wildman–Crippen LogP) is 3.02. The Labute approximate surface area is 135 Å². The zero-order chi connectivity index (χ0) is 13.7. The molecule has 0 aliphatic heterocycles. The highest BCUT2D eigenvalue weighted by molar-refractivity contribution is 9.10. The van der Waals surface area contributed by atoms with Crippen LogP contribution in [0.4, 0.5) is 0 Å². The van der Waals surface area contributed by atoms with Gasteiger partial charge in [-0.05, 0) is 50.6 Å². The van der Waals surface area contributed by atoms with Crippen LogP contribution in [-0.4, -0.2) is 26.0 Å². The minimum atomic E-state index is 0. The van der Waals surface area contributed by atoms with Gasteiger partial charge in [0, 0.05) is 22.9 Å². The molecule has 0 aromatic heterocycles. The lowest BCUT2D eigenvalue weighted by Crippen LogP contribution is -2.32. The number of nitrogens with one attached hydrogen (secondary N) is 2. The smallest absolute Gasteiger partial charge is 0.220 e. The van der Waals surface area contributed by atoms with Gasteiger partial charge in [0.15, 0.2) is 0 Å². The maximum Gasteiger partial charge on any atom is 0.220 e. The predicted molar refractivity (Wildman–Crippen MR) is 88.5 cm³/mol. The van der Waals surface area contributed by atoms with Crippen LogP contribution in [-0.2, 0) is 10.2 Å². The van der Waals surface area contributed by atoms with E-state index in [9.17, 15) is 4.79 Å². The van der Waals surface area contributed by atoms with Crippen LogP contribution < -0.4 is 10.6 Å². The number of carbonyl (C=O) groups excluding carboxylic acids is 1. The maximum absolute atomic E-state index is 11.7. The lowest BCUT2D eigenvalue weighted by molar-refractivity contribution is -0.121. The molecule has 0 spiro atoms. The molecule has 2 rings (SSSR count). The Morgan fingerprint density at radius 1 is 1.40 bits per heavy atom. The van der Waals surface area contributed by atoms with Gasteiger partial charge in [0.25, 0.3) is 0 Å². The topological polar surface area (TPSA) is 41.1 Å². The quantitative estimate of drug-likeness (QED) is 0.733. The van der Waals surface area contributed by atoms with E-state index in [1.165, 1.54) is 18.4 Å². The van der Waals surface area contributed by atoms with Crippen LogP contribution in [0.5, 0.6) is 0 Å². The highest BCUT2D eigenvalue weighted by Crippen LogP contribution is 2.48. The third kappa shape index (κ3) is 4.76. The number of carbonyl (C=O) groups is 1. The molecule has 1 fully saturated rings. The normalized spacial score (nSPS) is 15.3. The molecule has 112 valence electrons. The summed E-state index contributed by atoms with van der Waals surface area (Å²) in [6, 6.07) is 8.43. The van der Waals surface area contributed by atoms with Crippen molar-refractivity contribution in [3.63, 3.8) is 0 Å². The van der Waals surface area contributed by atoms with Crippen molar-refractivity contribution in [1.29, 1.82) is 0 Å². The minimum Gasteiger partial charge on any atom is -0.355 e. The summed E-state index contributed by atoms with van der Waals surface area (Å²) in [6.07, 6.45) is 3.84. The van der Waals surface area contributed by atoms with E-state index < -0.39 is 0 Å². The van der Waals surface area contributed by atoms with E-state index in [1.807, 2.05) is 13.1 Å². The number of rotatable bonds is 7. The van der Waals surface area contributed by atoms with Crippen molar-refractivity contribution >= 4 is 34.2 Å². The van der Waals surface area contributed by atoms with Crippen LogP contribution in [0.1, 0.15) is 31.2 Å². The van der Waals surface area contributed by atoms with Gasteiger partial charge >= 0.3 is 0 Å². The van der Waals surface area contributed by atoms with Crippen LogP contribution >= 0.6 is 28.3 Å². The molecule has 2 N–H and O–H groups in total. The molecule has 1 amide bonds. The molecule has 5 heteroatoms. The molecule has 1 saturated carbocycles. The Kier molecular flexibility index (Phi) is 7.00. The molecule has 0 heterocycles. The molecule has 20 heavy (non-hydrogen) atoms. The Balaban J connectivity index is 0.00000200. The summed E-state index contributed by atoms with van der Waals surface area (Å²) in [5, 5.41) is 6.13. The highest BCUT2D eigenvalue weighted by atomic mass is 79.9. The van der Waals surface area contributed by atoms with Gasteiger partial charge in [-0.2, -0.15) is 0 Å². The van der Waals surface area contributed by atoms with Gasteiger partial charge in [0.05, 0.1) is 0 Å². The van der Waals surface area contributed by atoms with Crippen molar-refractivity contribution in [1.82, 2.24) is 10.6 Å². The first kappa shape index (κ1) is 17.5. The maximum atomic E-state index is 11.7. The van der Waals surface area contributed by atoms with Crippen molar-refractivity contribution in [3.8, 4) is 0 Å². The molecule has 0 bridgehead atoms. The number of hydrogen-bond acceptors (Lipinski definition) is 2. The third-order valence-corrected chi connectivity index (χ3v) is 4.24. The summed E-state index contributed by atoms with van der Waals surface area (Å²) >= 11 is 3.51. The fraction of sp³-hybridized carbons (Fsp3) is 0.533. The first-order valence-corrected chi connectivity index (χ1v) is 7.63. The largest absolute Gasteiger partial charge is 0.355 e. The van der Waals surface area contributed by atoms with Crippen LogP contribution in [0.25, 0.3) is 0 Å². The van der Waals surface area contributed by atoms with E-state index in [2.05, 4.69) is 44.8 Å². The van der Waals surface area contributed by atoms with Crippen molar-refractivity contribution in [3.05, 3.63) is 34.3 Å². The number of halogens is 2. The second kappa shape index (κ2) is 8.01. The monoisotopic (exact) mass is 360 g/mol. The average Bonchev–Trinajstić information content (AvgIpc) is 3.18. The van der Waals surface area contributed by atoms with Crippen LogP contribution in [0, 0.1) is 0 Å². The van der Waals surface area contributed by atoms with Crippen molar-refractivity contribution in [2.45, 2.75) is 31.1 Å². The van der Waals surface area contributed by atoms with E-state index in [4.69, 9.17) is 0 Å². The fourth-order valence-corrected chi connectivity index (χ4v) is 2.72. The summed E-state index contributed by atoms with van der Waals surface area (Å²) in [5.74, 6) is 0.163. The molecule has 0 atom stereocenters. The van der Waals surface area contributed by atoms with Gasteiger partial charge < -0.3 is 10.6 Å². The highest BCUT2D eigenvalue weighted by Gasteiger charge is 2.44. The second-order valence-corrected chi connectivity index (χ2v) is 6.19. The summed E-state index contributed by atoms with van der Waals surface area (Å²) in [4.78, 5) is 11.7.